The number of nitrogens with one attached hydrogen (secondary N) is 1. The molecule has 1 aliphatic heterocycles. The third-order valence-electron chi connectivity index (χ3n) is 4.12. The molecule has 158 valence electrons. The van der Waals surface area contributed by atoms with E-state index in [0.717, 1.165) is 4.90 Å². The first kappa shape index (κ1) is 22.0. The maximum absolute atomic E-state index is 12.4. The molecular weight excluding hydrogens is 384 g/mol. The highest BCUT2D eigenvalue weighted by atomic mass is 16.6. The quantitative estimate of drug-likeness (QED) is 0.667. The summed E-state index contributed by atoms with van der Waals surface area (Å²) >= 11 is 0. The number of aliphatic carboxylic acids is 1. The third kappa shape index (κ3) is 5.59. The van der Waals surface area contributed by atoms with Gasteiger partial charge in [0.1, 0.15) is 23.5 Å². The summed E-state index contributed by atoms with van der Waals surface area (Å²) in [6.07, 6.45) is -1.51. The lowest BCUT2D eigenvalue weighted by Gasteiger charge is -2.26. The van der Waals surface area contributed by atoms with E-state index < -0.39 is 41.7 Å². The molecule has 1 aromatic carbocycles. The summed E-state index contributed by atoms with van der Waals surface area (Å²) in [4.78, 5) is 48.2. The smallest absolute Gasteiger partial charge is 0.411 e. The number of ether oxygens (including phenoxy) is 2. The van der Waals surface area contributed by atoms with Crippen LogP contribution < -0.4 is 10.1 Å². The summed E-state index contributed by atoms with van der Waals surface area (Å²) in [6, 6.07) is 2.66. The van der Waals surface area contributed by atoms with Crippen LogP contribution in [0.2, 0.25) is 0 Å². The Bertz CT molecular complexity index is 830. The van der Waals surface area contributed by atoms with Crippen molar-refractivity contribution in [3.05, 3.63) is 29.3 Å². The summed E-state index contributed by atoms with van der Waals surface area (Å²) in [5, 5.41) is 21.1. The van der Waals surface area contributed by atoms with Gasteiger partial charge in [0, 0.05) is 19.0 Å². The molecule has 0 saturated carbocycles. The van der Waals surface area contributed by atoms with E-state index in [4.69, 9.17) is 9.47 Å². The van der Waals surface area contributed by atoms with Crippen LogP contribution in [0.4, 0.5) is 4.79 Å². The normalized spacial score (nSPS) is 18.8. The number of rotatable bonds is 5. The fourth-order valence-electron chi connectivity index (χ4n) is 2.90. The number of carboxylic acid groups (broad SMARTS) is 2. The molecule has 0 aromatic heterocycles. The Labute approximate surface area is 167 Å². The van der Waals surface area contributed by atoms with Gasteiger partial charge in [-0.1, -0.05) is 0 Å². The van der Waals surface area contributed by atoms with Crippen LogP contribution in [0.5, 0.6) is 5.75 Å². The van der Waals surface area contributed by atoms with Gasteiger partial charge < -0.3 is 25.0 Å². The zero-order chi connectivity index (χ0) is 21.9. The molecule has 1 aromatic rings. The summed E-state index contributed by atoms with van der Waals surface area (Å²) in [5.74, 6) is -2.86. The monoisotopic (exact) mass is 408 g/mol. The highest BCUT2D eigenvalue weighted by molar-refractivity contribution is 5.98. The predicted molar refractivity (Wildman–Crippen MR) is 100 cm³/mol. The number of likely N-dealkylation sites (tertiary alicyclic amines) is 1. The summed E-state index contributed by atoms with van der Waals surface area (Å²) in [6.45, 7) is 4.95. The molecular formula is C19H24N2O8. The van der Waals surface area contributed by atoms with Crippen molar-refractivity contribution in [1.29, 1.82) is 0 Å². The number of aromatic carboxylic acids is 1. The Balaban J connectivity index is 2.24. The molecule has 10 nitrogen and oxygen atoms in total. The Kier molecular flexibility index (Phi) is 6.35. The van der Waals surface area contributed by atoms with Gasteiger partial charge in [-0.25, -0.2) is 14.4 Å². The highest BCUT2D eigenvalue weighted by Gasteiger charge is 2.42. The van der Waals surface area contributed by atoms with Crippen molar-refractivity contribution in [3.63, 3.8) is 0 Å². The van der Waals surface area contributed by atoms with Crippen molar-refractivity contribution in [3.8, 4) is 5.75 Å². The Morgan fingerprint density at radius 1 is 1.10 bits per heavy atom. The first-order valence-electron chi connectivity index (χ1n) is 8.91. The van der Waals surface area contributed by atoms with Gasteiger partial charge in [-0.3, -0.25) is 9.69 Å². The van der Waals surface area contributed by atoms with Crippen LogP contribution in [0.1, 0.15) is 47.9 Å². The van der Waals surface area contributed by atoms with Gasteiger partial charge in [0.15, 0.2) is 0 Å². The minimum Gasteiger partial charge on any atom is -0.488 e. The second-order valence-corrected chi connectivity index (χ2v) is 7.59. The molecule has 1 saturated heterocycles. The Hall–Kier alpha value is -3.30. The van der Waals surface area contributed by atoms with E-state index in [1.54, 1.807) is 20.8 Å². The lowest BCUT2D eigenvalue weighted by atomic mass is 10.1. The summed E-state index contributed by atoms with van der Waals surface area (Å²) < 4.78 is 11.0. The van der Waals surface area contributed by atoms with Crippen LogP contribution in [0.3, 0.4) is 0 Å². The van der Waals surface area contributed by atoms with Gasteiger partial charge in [0.05, 0.1) is 12.1 Å². The molecule has 29 heavy (non-hydrogen) atoms. The van der Waals surface area contributed by atoms with E-state index in [9.17, 15) is 29.4 Å². The molecule has 1 heterocycles. The number of hydrogen-bond acceptors (Lipinski definition) is 6. The number of amides is 2. The molecule has 2 atom stereocenters. The number of nitrogens with zero attached hydrogens (tertiary/aromatic N) is 1. The van der Waals surface area contributed by atoms with Crippen LogP contribution in [0.25, 0.3) is 0 Å². The Morgan fingerprint density at radius 2 is 1.72 bits per heavy atom. The van der Waals surface area contributed by atoms with Crippen molar-refractivity contribution in [2.45, 2.75) is 44.9 Å². The number of hydrogen-bond donors (Lipinski definition) is 3. The molecule has 2 amide bonds. The molecule has 0 aliphatic carbocycles. The number of carboxylic acids is 2. The average Bonchev–Trinajstić information content (AvgIpc) is 3.03. The fraction of sp³-hybridized carbons (Fsp3) is 0.474. The lowest BCUT2D eigenvalue weighted by molar-refractivity contribution is -0.142. The molecule has 0 radical (unpaired) electrons. The van der Waals surface area contributed by atoms with Crippen LogP contribution in [-0.4, -0.2) is 70.4 Å². The van der Waals surface area contributed by atoms with Crippen LogP contribution in [0.15, 0.2) is 18.2 Å². The van der Waals surface area contributed by atoms with Crippen molar-refractivity contribution in [2.75, 3.05) is 13.6 Å². The standard InChI is InChI=1S/C19H24N2O8/c1-19(2,3)29-18(27)21-9-13(8-14(21)17(25)26)28-12-6-10(15(22)20-4)5-11(7-12)16(23)24/h5-7,13-14H,8-9H2,1-4H3,(H,20,22)(H,23,24)(H,25,26)/t13-,14?/m0/s1. The maximum atomic E-state index is 12.4. The summed E-state index contributed by atoms with van der Waals surface area (Å²) in [7, 11) is 1.41. The fourth-order valence-corrected chi connectivity index (χ4v) is 2.90. The largest absolute Gasteiger partial charge is 0.488 e. The van der Waals surface area contributed by atoms with Gasteiger partial charge >= 0.3 is 18.0 Å². The number of carbonyl (C=O) groups excluding carboxylic acids is 2. The van der Waals surface area contributed by atoms with Crippen LogP contribution >= 0.6 is 0 Å². The average molecular weight is 408 g/mol. The second kappa shape index (κ2) is 8.38. The van der Waals surface area contributed by atoms with Crippen LogP contribution in [0, 0.1) is 0 Å². The van der Waals surface area contributed by atoms with Gasteiger partial charge in [0.2, 0.25) is 0 Å². The Morgan fingerprint density at radius 3 is 2.24 bits per heavy atom. The zero-order valence-corrected chi connectivity index (χ0v) is 16.6. The van der Waals surface area contributed by atoms with Crippen molar-refractivity contribution in [1.82, 2.24) is 10.2 Å². The summed E-state index contributed by atoms with van der Waals surface area (Å²) in [5.41, 5.74) is -0.866. The first-order valence-corrected chi connectivity index (χ1v) is 8.91. The molecule has 1 unspecified atom stereocenters. The maximum Gasteiger partial charge on any atom is 0.411 e. The highest BCUT2D eigenvalue weighted by Crippen LogP contribution is 2.27. The second-order valence-electron chi connectivity index (χ2n) is 7.59. The van der Waals surface area contributed by atoms with E-state index in [0.29, 0.717) is 0 Å². The van der Waals surface area contributed by atoms with E-state index >= 15 is 0 Å². The topological polar surface area (TPSA) is 142 Å². The minimum absolute atomic E-state index is 0.0127. The van der Waals surface area contributed by atoms with Gasteiger partial charge in [-0.05, 0) is 39.0 Å². The van der Waals surface area contributed by atoms with Crippen LogP contribution in [-0.2, 0) is 9.53 Å². The SMILES string of the molecule is CNC(=O)c1cc(O[C@H]2CC(C(=O)O)N(C(=O)OC(C)(C)C)C2)cc(C(=O)O)c1. The third-order valence-corrected chi connectivity index (χ3v) is 4.12. The molecule has 10 heteroatoms. The van der Waals surface area contributed by atoms with Gasteiger partial charge in [-0.15, -0.1) is 0 Å². The molecule has 0 spiro atoms. The van der Waals surface area contributed by atoms with E-state index in [-0.39, 0.29) is 29.8 Å². The van der Waals surface area contributed by atoms with Crippen molar-refractivity contribution in [2.24, 2.45) is 0 Å². The zero-order valence-electron chi connectivity index (χ0n) is 16.6. The van der Waals surface area contributed by atoms with E-state index in [1.165, 1.54) is 25.2 Å². The minimum atomic E-state index is -1.24. The molecule has 3 N–H and O–H groups in total. The molecule has 1 aliphatic rings. The van der Waals surface area contributed by atoms with Gasteiger partial charge in [0.25, 0.3) is 5.91 Å². The first-order chi connectivity index (χ1) is 13.4. The van der Waals surface area contributed by atoms with Gasteiger partial charge in [-0.2, -0.15) is 0 Å². The van der Waals surface area contributed by atoms with Crippen molar-refractivity contribution >= 4 is 23.9 Å². The molecule has 2 rings (SSSR count). The van der Waals surface area contributed by atoms with E-state index in [2.05, 4.69) is 5.32 Å². The molecule has 0 bridgehead atoms. The molecule has 1 fully saturated rings. The van der Waals surface area contributed by atoms with Crippen molar-refractivity contribution < 1.29 is 38.9 Å². The lowest BCUT2D eigenvalue weighted by Crippen LogP contribution is -2.43. The predicted octanol–water partition coefficient (Wildman–Crippen LogP) is 1.59. The van der Waals surface area contributed by atoms with E-state index in [1.807, 2.05) is 0 Å². The number of benzene rings is 1. The number of carbonyl (C=O) groups is 4.